The van der Waals surface area contributed by atoms with Crippen molar-refractivity contribution >= 4 is 5.95 Å². The van der Waals surface area contributed by atoms with Gasteiger partial charge in [-0.2, -0.15) is 0 Å². The lowest BCUT2D eigenvalue weighted by atomic mass is 10.1. The van der Waals surface area contributed by atoms with Gasteiger partial charge in [0, 0.05) is 13.1 Å². The van der Waals surface area contributed by atoms with E-state index in [1.165, 1.54) is 38.3 Å². The van der Waals surface area contributed by atoms with Gasteiger partial charge >= 0.3 is 0 Å². The summed E-state index contributed by atoms with van der Waals surface area (Å²) >= 11 is 0. The fourth-order valence-electron chi connectivity index (χ4n) is 4.14. The van der Waals surface area contributed by atoms with Crippen LogP contribution in [0.1, 0.15) is 25.7 Å². The molecule has 0 spiro atoms. The predicted molar refractivity (Wildman–Crippen MR) is 87.5 cm³/mol. The third-order valence-corrected chi connectivity index (χ3v) is 5.34. The summed E-state index contributed by atoms with van der Waals surface area (Å²) in [6, 6.07) is 0.223. The van der Waals surface area contributed by atoms with Gasteiger partial charge < -0.3 is 19.3 Å². The number of halogens is 1. The molecule has 0 unspecified atom stereocenters. The van der Waals surface area contributed by atoms with E-state index in [1.54, 1.807) is 0 Å². The Labute approximate surface area is 142 Å². The average molecular weight is 336 g/mol. The Hall–Kier alpha value is -1.31. The summed E-state index contributed by atoms with van der Waals surface area (Å²) in [6.45, 7) is 5.56. The van der Waals surface area contributed by atoms with E-state index in [1.807, 2.05) is 0 Å². The first kappa shape index (κ1) is 16.2. The number of fused-ring (bicyclic) bond motifs is 1. The van der Waals surface area contributed by atoms with Gasteiger partial charge in [0.25, 0.3) is 0 Å². The highest BCUT2D eigenvalue weighted by Crippen LogP contribution is 2.33. The summed E-state index contributed by atoms with van der Waals surface area (Å²) in [7, 11) is 0. The minimum atomic E-state index is -0.405. The number of hydrogen-bond acceptors (Lipinski definition) is 6. The third kappa shape index (κ3) is 3.38. The maximum Gasteiger partial charge on any atom is 0.225 e. The number of hydrogen-bond donors (Lipinski definition) is 0. The van der Waals surface area contributed by atoms with E-state index in [2.05, 4.69) is 19.8 Å². The summed E-state index contributed by atoms with van der Waals surface area (Å²) in [5.74, 6) is 0.186. The van der Waals surface area contributed by atoms with Crippen molar-refractivity contribution in [3.63, 3.8) is 0 Å². The first-order valence-electron chi connectivity index (χ1n) is 9.01. The van der Waals surface area contributed by atoms with Crippen molar-refractivity contribution in [1.82, 2.24) is 14.9 Å². The topological polar surface area (TPSA) is 50.7 Å². The fourth-order valence-corrected chi connectivity index (χ4v) is 4.14. The van der Waals surface area contributed by atoms with Crippen LogP contribution in [0.5, 0.6) is 0 Å². The molecule has 1 aromatic rings. The van der Waals surface area contributed by atoms with E-state index < -0.39 is 5.82 Å². The zero-order valence-electron chi connectivity index (χ0n) is 13.9. The molecule has 7 heteroatoms. The maximum atomic E-state index is 13.1. The molecule has 0 amide bonds. The highest BCUT2D eigenvalue weighted by Gasteiger charge is 2.44. The molecule has 3 atom stereocenters. The molecule has 1 aromatic heterocycles. The van der Waals surface area contributed by atoms with Crippen LogP contribution in [0.2, 0.25) is 0 Å². The van der Waals surface area contributed by atoms with Crippen LogP contribution >= 0.6 is 0 Å². The normalized spacial score (nSPS) is 30.7. The molecular formula is C17H25FN4O2. The minimum Gasteiger partial charge on any atom is -0.374 e. The molecular weight excluding hydrogens is 311 g/mol. The Morgan fingerprint density at radius 1 is 1.17 bits per heavy atom. The molecule has 1 aliphatic carbocycles. The van der Waals surface area contributed by atoms with Gasteiger partial charge in [0.15, 0.2) is 5.82 Å². The lowest BCUT2D eigenvalue weighted by Gasteiger charge is -2.39. The van der Waals surface area contributed by atoms with Gasteiger partial charge in [0.1, 0.15) is 6.10 Å². The molecule has 3 aliphatic rings. The van der Waals surface area contributed by atoms with E-state index in [4.69, 9.17) is 9.47 Å². The van der Waals surface area contributed by atoms with Crippen molar-refractivity contribution in [3.8, 4) is 0 Å². The first-order valence-corrected chi connectivity index (χ1v) is 9.01. The van der Waals surface area contributed by atoms with Crippen LogP contribution in [-0.4, -0.2) is 72.5 Å². The average Bonchev–Trinajstić information content (AvgIpc) is 3.26. The van der Waals surface area contributed by atoms with E-state index in [0.717, 1.165) is 32.5 Å². The number of ether oxygens (including phenoxy) is 2. The number of aromatic nitrogens is 2. The Bertz CT molecular complexity index is 538. The second-order valence-electron chi connectivity index (χ2n) is 6.83. The minimum absolute atomic E-state index is 0.0611. The molecule has 0 radical (unpaired) electrons. The summed E-state index contributed by atoms with van der Waals surface area (Å²) < 4.78 is 25.2. The highest BCUT2D eigenvalue weighted by molar-refractivity contribution is 5.33. The summed E-state index contributed by atoms with van der Waals surface area (Å²) in [4.78, 5) is 12.9. The van der Waals surface area contributed by atoms with Gasteiger partial charge in [0.05, 0.1) is 37.8 Å². The van der Waals surface area contributed by atoms with Crippen LogP contribution in [-0.2, 0) is 9.47 Å². The predicted octanol–water partition coefficient (Wildman–Crippen LogP) is 1.46. The highest BCUT2D eigenvalue weighted by atomic mass is 19.1. The van der Waals surface area contributed by atoms with Crippen LogP contribution in [0.3, 0.4) is 0 Å². The van der Waals surface area contributed by atoms with Gasteiger partial charge in [-0.1, -0.05) is 0 Å². The number of rotatable bonds is 5. The Morgan fingerprint density at radius 3 is 2.75 bits per heavy atom. The number of nitrogens with zero attached hydrogens (tertiary/aromatic N) is 4. The van der Waals surface area contributed by atoms with Crippen molar-refractivity contribution in [2.75, 3.05) is 44.3 Å². The van der Waals surface area contributed by atoms with E-state index in [-0.39, 0.29) is 18.2 Å². The van der Waals surface area contributed by atoms with E-state index >= 15 is 0 Å². The Morgan fingerprint density at radius 2 is 1.96 bits per heavy atom. The lowest BCUT2D eigenvalue weighted by Crippen LogP contribution is -2.52. The smallest absolute Gasteiger partial charge is 0.225 e. The van der Waals surface area contributed by atoms with Crippen molar-refractivity contribution in [2.45, 2.75) is 43.9 Å². The Kier molecular flexibility index (Phi) is 4.91. The molecule has 4 rings (SSSR count). The molecule has 3 heterocycles. The molecule has 132 valence electrons. The monoisotopic (exact) mass is 336 g/mol. The van der Waals surface area contributed by atoms with Gasteiger partial charge in [-0.05, 0) is 38.8 Å². The lowest BCUT2D eigenvalue weighted by molar-refractivity contribution is -0.0741. The van der Waals surface area contributed by atoms with Crippen LogP contribution in [0.4, 0.5) is 10.3 Å². The van der Waals surface area contributed by atoms with Crippen molar-refractivity contribution < 1.29 is 13.9 Å². The van der Waals surface area contributed by atoms with Crippen molar-refractivity contribution in [1.29, 1.82) is 0 Å². The van der Waals surface area contributed by atoms with Crippen molar-refractivity contribution in [2.24, 2.45) is 0 Å². The van der Waals surface area contributed by atoms with Crippen LogP contribution < -0.4 is 4.90 Å². The molecule has 0 N–H and O–H groups in total. The van der Waals surface area contributed by atoms with Gasteiger partial charge in [-0.25, -0.2) is 14.4 Å². The second kappa shape index (κ2) is 7.29. The first-order chi connectivity index (χ1) is 11.8. The molecule has 3 fully saturated rings. The SMILES string of the molecule is Fc1cnc(N2CCO[C@@H]3[C@@H](OCCN4CCCC4)CC[C@H]32)nc1. The number of morpholine rings is 1. The second-order valence-corrected chi connectivity index (χ2v) is 6.83. The summed E-state index contributed by atoms with van der Waals surface area (Å²) in [5.41, 5.74) is 0. The molecule has 0 bridgehead atoms. The molecule has 2 saturated heterocycles. The maximum absolute atomic E-state index is 13.1. The van der Waals surface area contributed by atoms with Gasteiger partial charge in [-0.3, -0.25) is 0 Å². The molecule has 24 heavy (non-hydrogen) atoms. The zero-order valence-corrected chi connectivity index (χ0v) is 13.9. The van der Waals surface area contributed by atoms with E-state index in [9.17, 15) is 4.39 Å². The van der Waals surface area contributed by atoms with Gasteiger partial charge in [0.2, 0.25) is 5.95 Å². The van der Waals surface area contributed by atoms with Crippen LogP contribution in [0, 0.1) is 5.82 Å². The number of likely N-dealkylation sites (tertiary alicyclic amines) is 1. The largest absolute Gasteiger partial charge is 0.374 e. The molecule has 0 aromatic carbocycles. The van der Waals surface area contributed by atoms with Crippen LogP contribution in [0.15, 0.2) is 12.4 Å². The fraction of sp³-hybridized carbons (Fsp3) is 0.765. The molecule has 1 saturated carbocycles. The van der Waals surface area contributed by atoms with Gasteiger partial charge in [-0.15, -0.1) is 0 Å². The quantitative estimate of drug-likeness (QED) is 0.811. The standard InChI is InChI=1S/C17H25FN4O2/c18-13-11-19-17(20-12-13)22-8-10-24-16-14(22)3-4-15(16)23-9-7-21-5-1-2-6-21/h11-12,14-16H,1-10H2/t14-,15+,16+/m1/s1. The van der Waals surface area contributed by atoms with Crippen LogP contribution in [0.25, 0.3) is 0 Å². The zero-order chi connectivity index (χ0) is 16.4. The third-order valence-electron chi connectivity index (χ3n) is 5.34. The van der Waals surface area contributed by atoms with E-state index in [0.29, 0.717) is 12.6 Å². The van der Waals surface area contributed by atoms with Crippen molar-refractivity contribution in [3.05, 3.63) is 18.2 Å². The summed E-state index contributed by atoms with van der Waals surface area (Å²) in [6.07, 6.45) is 7.27. The molecule has 6 nitrogen and oxygen atoms in total. The number of anilines is 1. The summed E-state index contributed by atoms with van der Waals surface area (Å²) in [5, 5.41) is 0. The Balaban J connectivity index is 1.34. The molecule has 2 aliphatic heterocycles.